The summed E-state index contributed by atoms with van der Waals surface area (Å²) in [5.41, 5.74) is -0.0108. The molecule has 100 valence electrons. The zero-order valence-electron chi connectivity index (χ0n) is 10.5. The topological polar surface area (TPSA) is 48.4 Å². The van der Waals surface area contributed by atoms with Crippen LogP contribution in [0.4, 0.5) is 0 Å². The standard InChI is InChI=1S/C12H15BrClNO3/c1-12(2,3)18-5-4-17-11(16)9-6-8(13)7-15-10(9)14/h6-7H,4-5H2,1-3H3. The summed E-state index contributed by atoms with van der Waals surface area (Å²) in [6.07, 6.45) is 1.52. The van der Waals surface area contributed by atoms with Gasteiger partial charge >= 0.3 is 5.97 Å². The molecule has 0 unspecified atom stereocenters. The van der Waals surface area contributed by atoms with E-state index in [1.54, 1.807) is 6.07 Å². The highest BCUT2D eigenvalue weighted by Crippen LogP contribution is 2.18. The summed E-state index contributed by atoms with van der Waals surface area (Å²) < 4.78 is 11.2. The molecule has 1 rings (SSSR count). The molecule has 0 saturated heterocycles. The minimum atomic E-state index is -0.508. The van der Waals surface area contributed by atoms with Crippen molar-refractivity contribution >= 4 is 33.5 Å². The van der Waals surface area contributed by atoms with E-state index in [0.29, 0.717) is 11.1 Å². The molecule has 0 aromatic carbocycles. The molecule has 0 aliphatic rings. The van der Waals surface area contributed by atoms with Gasteiger partial charge in [-0.05, 0) is 42.8 Å². The number of ether oxygens (including phenoxy) is 2. The lowest BCUT2D eigenvalue weighted by Gasteiger charge is -2.19. The van der Waals surface area contributed by atoms with Gasteiger partial charge < -0.3 is 9.47 Å². The summed E-state index contributed by atoms with van der Waals surface area (Å²) in [6, 6.07) is 1.57. The molecule has 6 heteroatoms. The number of rotatable bonds is 4. The second kappa shape index (κ2) is 6.50. The van der Waals surface area contributed by atoms with Crippen molar-refractivity contribution in [2.45, 2.75) is 26.4 Å². The van der Waals surface area contributed by atoms with Gasteiger partial charge in [-0.25, -0.2) is 9.78 Å². The summed E-state index contributed by atoms with van der Waals surface area (Å²) in [4.78, 5) is 15.6. The monoisotopic (exact) mass is 335 g/mol. The molecule has 0 bridgehead atoms. The Balaban J connectivity index is 2.48. The van der Waals surface area contributed by atoms with Gasteiger partial charge in [0.05, 0.1) is 17.8 Å². The molecule has 0 aliphatic heterocycles. The predicted molar refractivity (Wildman–Crippen MR) is 72.9 cm³/mol. The molecule has 18 heavy (non-hydrogen) atoms. The van der Waals surface area contributed by atoms with E-state index in [9.17, 15) is 4.79 Å². The van der Waals surface area contributed by atoms with Crippen LogP contribution in [0.15, 0.2) is 16.7 Å². The number of nitrogens with zero attached hydrogens (tertiary/aromatic N) is 1. The van der Waals surface area contributed by atoms with E-state index in [1.165, 1.54) is 6.20 Å². The summed E-state index contributed by atoms with van der Waals surface area (Å²) in [7, 11) is 0. The Bertz CT molecular complexity index is 432. The minimum Gasteiger partial charge on any atom is -0.460 e. The third-order valence-corrected chi connectivity index (χ3v) is 2.61. The fraction of sp³-hybridized carbons (Fsp3) is 0.500. The van der Waals surface area contributed by atoms with E-state index >= 15 is 0 Å². The number of hydrogen-bond donors (Lipinski definition) is 0. The smallest absolute Gasteiger partial charge is 0.341 e. The van der Waals surface area contributed by atoms with Crippen molar-refractivity contribution in [2.75, 3.05) is 13.2 Å². The number of carbonyl (C=O) groups is 1. The quantitative estimate of drug-likeness (QED) is 0.480. The Morgan fingerprint density at radius 1 is 1.44 bits per heavy atom. The van der Waals surface area contributed by atoms with Crippen LogP contribution >= 0.6 is 27.5 Å². The molecule has 0 saturated carbocycles. The maximum atomic E-state index is 11.7. The van der Waals surface area contributed by atoms with Gasteiger partial charge in [-0.2, -0.15) is 0 Å². The first-order valence-corrected chi connectivity index (χ1v) is 6.59. The summed E-state index contributed by atoms with van der Waals surface area (Å²) >= 11 is 9.03. The minimum absolute atomic E-state index is 0.125. The van der Waals surface area contributed by atoms with Gasteiger partial charge in [-0.15, -0.1) is 0 Å². The third-order valence-electron chi connectivity index (χ3n) is 1.88. The number of halogens is 2. The number of pyridine rings is 1. The van der Waals surface area contributed by atoms with Gasteiger partial charge in [0.15, 0.2) is 0 Å². The molecule has 0 amide bonds. The van der Waals surface area contributed by atoms with Gasteiger partial charge in [0.1, 0.15) is 11.8 Å². The normalized spacial score (nSPS) is 11.4. The Labute approximate surface area is 120 Å². The molecule has 4 nitrogen and oxygen atoms in total. The van der Waals surface area contributed by atoms with E-state index in [0.717, 1.165) is 0 Å². The van der Waals surface area contributed by atoms with Crippen molar-refractivity contribution in [1.29, 1.82) is 0 Å². The number of aromatic nitrogens is 1. The summed E-state index contributed by atoms with van der Waals surface area (Å²) in [5, 5.41) is 0.125. The van der Waals surface area contributed by atoms with Crippen molar-refractivity contribution in [2.24, 2.45) is 0 Å². The first-order valence-electron chi connectivity index (χ1n) is 5.42. The molecule has 0 spiro atoms. The fourth-order valence-corrected chi connectivity index (χ4v) is 1.64. The first kappa shape index (κ1) is 15.4. The second-order valence-corrected chi connectivity index (χ2v) is 5.86. The molecule has 0 fully saturated rings. The number of hydrogen-bond acceptors (Lipinski definition) is 4. The lowest BCUT2D eigenvalue weighted by atomic mass is 10.2. The molecule has 1 heterocycles. The Morgan fingerprint density at radius 3 is 2.72 bits per heavy atom. The lowest BCUT2D eigenvalue weighted by Crippen LogP contribution is -2.22. The molecular formula is C12H15BrClNO3. The number of carbonyl (C=O) groups excluding carboxylic acids is 1. The van der Waals surface area contributed by atoms with Crippen LogP contribution < -0.4 is 0 Å². The van der Waals surface area contributed by atoms with Crippen LogP contribution in [-0.2, 0) is 9.47 Å². The maximum Gasteiger partial charge on any atom is 0.341 e. The summed E-state index contributed by atoms with van der Waals surface area (Å²) in [5.74, 6) is -0.508. The van der Waals surface area contributed by atoms with Crippen LogP contribution in [0.1, 0.15) is 31.1 Å². The molecule has 1 aromatic rings. The van der Waals surface area contributed by atoms with Gasteiger partial charge in [0.25, 0.3) is 0 Å². The van der Waals surface area contributed by atoms with E-state index in [-0.39, 0.29) is 22.9 Å². The number of esters is 1. The highest BCUT2D eigenvalue weighted by molar-refractivity contribution is 9.10. The Morgan fingerprint density at radius 2 is 2.11 bits per heavy atom. The van der Waals surface area contributed by atoms with E-state index in [1.807, 2.05) is 20.8 Å². The van der Waals surface area contributed by atoms with Crippen LogP contribution in [0.25, 0.3) is 0 Å². The molecular weight excluding hydrogens is 321 g/mol. The van der Waals surface area contributed by atoms with Crippen LogP contribution in [0.5, 0.6) is 0 Å². The summed E-state index contributed by atoms with van der Waals surface area (Å²) in [6.45, 7) is 6.32. The van der Waals surface area contributed by atoms with E-state index in [4.69, 9.17) is 21.1 Å². The zero-order valence-corrected chi connectivity index (χ0v) is 12.8. The van der Waals surface area contributed by atoms with E-state index in [2.05, 4.69) is 20.9 Å². The van der Waals surface area contributed by atoms with Crippen LogP contribution in [-0.4, -0.2) is 29.8 Å². The molecule has 0 radical (unpaired) electrons. The molecule has 1 aromatic heterocycles. The van der Waals surface area contributed by atoms with Crippen molar-refractivity contribution in [3.63, 3.8) is 0 Å². The molecule has 0 N–H and O–H groups in total. The average molecular weight is 337 g/mol. The van der Waals surface area contributed by atoms with Gasteiger partial charge in [0.2, 0.25) is 0 Å². The highest BCUT2D eigenvalue weighted by atomic mass is 79.9. The van der Waals surface area contributed by atoms with Crippen molar-refractivity contribution in [1.82, 2.24) is 4.98 Å². The SMILES string of the molecule is CC(C)(C)OCCOC(=O)c1cc(Br)cnc1Cl. The first-order chi connectivity index (χ1) is 8.29. The Kier molecular flexibility index (Phi) is 5.56. The predicted octanol–water partition coefficient (Wildman–Crippen LogP) is 3.47. The second-order valence-electron chi connectivity index (χ2n) is 4.59. The van der Waals surface area contributed by atoms with Gasteiger partial charge in [-0.1, -0.05) is 11.6 Å². The molecule has 0 aliphatic carbocycles. The van der Waals surface area contributed by atoms with Crippen molar-refractivity contribution < 1.29 is 14.3 Å². The highest BCUT2D eigenvalue weighted by Gasteiger charge is 2.14. The van der Waals surface area contributed by atoms with Crippen molar-refractivity contribution in [3.8, 4) is 0 Å². The van der Waals surface area contributed by atoms with Crippen LogP contribution in [0.2, 0.25) is 5.15 Å². The van der Waals surface area contributed by atoms with Gasteiger partial charge in [0, 0.05) is 10.7 Å². The van der Waals surface area contributed by atoms with Gasteiger partial charge in [-0.3, -0.25) is 0 Å². The maximum absolute atomic E-state index is 11.7. The van der Waals surface area contributed by atoms with Crippen LogP contribution in [0.3, 0.4) is 0 Å². The average Bonchev–Trinajstić information content (AvgIpc) is 2.26. The van der Waals surface area contributed by atoms with Crippen LogP contribution in [0, 0.1) is 0 Å². The largest absolute Gasteiger partial charge is 0.460 e. The third kappa shape index (κ3) is 5.33. The zero-order chi connectivity index (χ0) is 13.8. The molecule has 0 atom stereocenters. The Hall–Kier alpha value is -0.650. The van der Waals surface area contributed by atoms with E-state index < -0.39 is 5.97 Å². The van der Waals surface area contributed by atoms with Crippen molar-refractivity contribution in [3.05, 3.63) is 27.5 Å². The fourth-order valence-electron chi connectivity index (χ4n) is 1.13. The lowest BCUT2D eigenvalue weighted by molar-refractivity contribution is -0.0281.